The predicted molar refractivity (Wildman–Crippen MR) is 91.6 cm³/mol. The third kappa shape index (κ3) is 4.43. The Morgan fingerprint density at radius 3 is 2.50 bits per heavy atom. The number of anilines is 1. The Hall–Kier alpha value is -1.70. The highest BCUT2D eigenvalue weighted by molar-refractivity contribution is 5.99. The smallest absolute Gasteiger partial charge is 0.255 e. The summed E-state index contributed by atoms with van der Waals surface area (Å²) in [4.78, 5) is 21.6. The van der Waals surface area contributed by atoms with Crippen molar-refractivity contribution in [3.05, 3.63) is 23.4 Å². The highest BCUT2D eigenvalue weighted by Gasteiger charge is 2.20. The molecule has 0 aliphatic carbocycles. The number of carbonyl (C=O) groups is 1. The predicted octanol–water partition coefficient (Wildman–Crippen LogP) is 0.289. The van der Waals surface area contributed by atoms with Crippen molar-refractivity contribution < 1.29 is 14.3 Å². The number of hydrogen-bond acceptors (Lipinski definition) is 6. The maximum absolute atomic E-state index is 12.6. The Kier molecular flexibility index (Phi) is 6.01. The zero-order valence-corrected chi connectivity index (χ0v) is 14.3. The maximum Gasteiger partial charge on any atom is 0.255 e. The number of rotatable bonds is 5. The fourth-order valence-electron chi connectivity index (χ4n) is 2.98. The molecule has 7 nitrogen and oxygen atoms in total. The highest BCUT2D eigenvalue weighted by atomic mass is 16.5. The second-order valence-electron chi connectivity index (χ2n) is 6.13. The molecule has 1 aromatic rings. The van der Waals surface area contributed by atoms with Gasteiger partial charge in [0.05, 0.1) is 32.0 Å². The molecule has 0 bridgehead atoms. The number of ether oxygens (including phenoxy) is 2. The fourth-order valence-corrected chi connectivity index (χ4v) is 2.98. The number of aryl methyl sites for hydroxylation is 1. The Balaban J connectivity index is 1.60. The average Bonchev–Trinajstić information content (AvgIpc) is 2.63. The molecule has 132 valence electrons. The first-order valence-electron chi connectivity index (χ1n) is 8.63. The molecule has 2 fully saturated rings. The van der Waals surface area contributed by atoms with Crippen molar-refractivity contribution in [1.29, 1.82) is 0 Å². The summed E-state index contributed by atoms with van der Waals surface area (Å²) >= 11 is 0. The van der Waals surface area contributed by atoms with Gasteiger partial charge in [0.25, 0.3) is 5.91 Å². The summed E-state index contributed by atoms with van der Waals surface area (Å²) in [5.41, 5.74) is 1.56. The molecule has 1 aromatic heterocycles. The van der Waals surface area contributed by atoms with Crippen LogP contribution in [0.15, 0.2) is 12.1 Å². The van der Waals surface area contributed by atoms with Gasteiger partial charge < -0.3 is 19.7 Å². The molecule has 7 heteroatoms. The summed E-state index contributed by atoms with van der Waals surface area (Å²) < 4.78 is 10.7. The topological polar surface area (TPSA) is 66.9 Å². The highest BCUT2D eigenvalue weighted by Crippen LogP contribution is 2.19. The third-order valence-electron chi connectivity index (χ3n) is 4.39. The van der Waals surface area contributed by atoms with Gasteiger partial charge in [-0.25, -0.2) is 4.98 Å². The summed E-state index contributed by atoms with van der Waals surface area (Å²) in [6.45, 7) is 9.73. The van der Waals surface area contributed by atoms with Crippen LogP contribution in [0.5, 0.6) is 0 Å². The lowest BCUT2D eigenvalue weighted by molar-refractivity contribution is 0.0383. The molecule has 0 atom stereocenters. The van der Waals surface area contributed by atoms with E-state index in [-0.39, 0.29) is 5.91 Å². The summed E-state index contributed by atoms with van der Waals surface area (Å²) in [5, 5.41) is 3.03. The van der Waals surface area contributed by atoms with Crippen LogP contribution in [-0.2, 0) is 9.47 Å². The average molecular weight is 334 g/mol. The number of nitrogens with one attached hydrogen (secondary N) is 1. The van der Waals surface area contributed by atoms with Gasteiger partial charge in [-0.1, -0.05) is 0 Å². The van der Waals surface area contributed by atoms with Crippen molar-refractivity contribution in [2.24, 2.45) is 0 Å². The number of nitrogens with zero attached hydrogens (tertiary/aromatic N) is 3. The molecule has 0 radical (unpaired) electrons. The number of morpholine rings is 2. The standard InChI is InChI=1S/C17H26N4O3/c1-14-2-3-15(16(19-14)21-8-12-24-13-9-21)17(22)18-4-5-20-6-10-23-11-7-20/h2-3H,4-13H2,1H3,(H,18,22). The molecule has 2 saturated heterocycles. The molecule has 3 rings (SSSR count). The summed E-state index contributed by atoms with van der Waals surface area (Å²) in [7, 11) is 0. The van der Waals surface area contributed by atoms with Gasteiger partial charge in [0.15, 0.2) is 0 Å². The van der Waals surface area contributed by atoms with Gasteiger partial charge in [-0.05, 0) is 19.1 Å². The third-order valence-corrected chi connectivity index (χ3v) is 4.39. The van der Waals surface area contributed by atoms with Crippen molar-refractivity contribution >= 4 is 11.7 Å². The lowest BCUT2D eigenvalue weighted by Crippen LogP contribution is -2.42. The zero-order valence-electron chi connectivity index (χ0n) is 14.3. The molecule has 24 heavy (non-hydrogen) atoms. The first kappa shape index (κ1) is 17.1. The molecular weight excluding hydrogens is 308 g/mol. The normalized spacial score (nSPS) is 19.3. The minimum absolute atomic E-state index is 0.0581. The SMILES string of the molecule is Cc1ccc(C(=O)NCCN2CCOCC2)c(N2CCOCC2)n1. The van der Waals surface area contributed by atoms with E-state index in [1.807, 2.05) is 19.1 Å². The van der Waals surface area contributed by atoms with Crippen LogP contribution in [0.2, 0.25) is 0 Å². The van der Waals surface area contributed by atoms with Crippen LogP contribution in [0.1, 0.15) is 16.1 Å². The molecule has 0 unspecified atom stereocenters. The molecule has 0 saturated carbocycles. The van der Waals surface area contributed by atoms with E-state index in [1.165, 1.54) is 0 Å². The first-order valence-corrected chi connectivity index (χ1v) is 8.63. The van der Waals surface area contributed by atoms with E-state index in [1.54, 1.807) is 0 Å². The first-order chi connectivity index (χ1) is 11.7. The fraction of sp³-hybridized carbons (Fsp3) is 0.647. The lowest BCUT2D eigenvalue weighted by Gasteiger charge is -2.29. The number of aromatic nitrogens is 1. The van der Waals surface area contributed by atoms with Crippen LogP contribution in [0.4, 0.5) is 5.82 Å². The van der Waals surface area contributed by atoms with Crippen LogP contribution in [0, 0.1) is 6.92 Å². The molecule has 2 aliphatic rings. The van der Waals surface area contributed by atoms with E-state index in [0.717, 1.165) is 57.4 Å². The minimum atomic E-state index is -0.0581. The van der Waals surface area contributed by atoms with Gasteiger partial charge in [0.2, 0.25) is 0 Å². The van der Waals surface area contributed by atoms with Gasteiger partial charge in [0, 0.05) is 45.0 Å². The Morgan fingerprint density at radius 1 is 1.12 bits per heavy atom. The van der Waals surface area contributed by atoms with E-state index >= 15 is 0 Å². The van der Waals surface area contributed by atoms with Crippen LogP contribution in [0.25, 0.3) is 0 Å². The van der Waals surface area contributed by atoms with Gasteiger partial charge in [-0.15, -0.1) is 0 Å². The van der Waals surface area contributed by atoms with Crippen LogP contribution in [0.3, 0.4) is 0 Å². The van der Waals surface area contributed by atoms with E-state index in [4.69, 9.17) is 9.47 Å². The van der Waals surface area contributed by atoms with Crippen LogP contribution in [-0.4, -0.2) is 81.5 Å². The molecule has 3 heterocycles. The second-order valence-corrected chi connectivity index (χ2v) is 6.13. The van der Waals surface area contributed by atoms with Gasteiger partial charge in [0.1, 0.15) is 5.82 Å². The summed E-state index contributed by atoms with van der Waals surface area (Å²) in [6.07, 6.45) is 0. The van der Waals surface area contributed by atoms with Gasteiger partial charge in [-0.3, -0.25) is 9.69 Å². The van der Waals surface area contributed by atoms with Gasteiger partial charge in [-0.2, -0.15) is 0 Å². The summed E-state index contributed by atoms with van der Waals surface area (Å²) in [5.74, 6) is 0.708. The molecule has 1 N–H and O–H groups in total. The quantitative estimate of drug-likeness (QED) is 0.835. The van der Waals surface area contributed by atoms with E-state index in [2.05, 4.69) is 20.1 Å². The van der Waals surface area contributed by atoms with Crippen molar-refractivity contribution in [1.82, 2.24) is 15.2 Å². The lowest BCUT2D eigenvalue weighted by atomic mass is 10.2. The van der Waals surface area contributed by atoms with Gasteiger partial charge >= 0.3 is 0 Å². The molecular formula is C17H26N4O3. The zero-order chi connectivity index (χ0) is 16.8. The molecule has 2 aliphatic heterocycles. The maximum atomic E-state index is 12.6. The van der Waals surface area contributed by atoms with E-state index < -0.39 is 0 Å². The second kappa shape index (κ2) is 8.41. The summed E-state index contributed by atoms with van der Waals surface area (Å²) in [6, 6.07) is 3.76. The Labute approximate surface area is 142 Å². The monoisotopic (exact) mass is 334 g/mol. The molecule has 0 spiro atoms. The van der Waals surface area contributed by atoms with Crippen molar-refractivity contribution in [3.8, 4) is 0 Å². The Morgan fingerprint density at radius 2 is 1.79 bits per heavy atom. The number of pyridine rings is 1. The van der Waals surface area contributed by atoms with Crippen molar-refractivity contribution in [2.45, 2.75) is 6.92 Å². The molecule has 0 aromatic carbocycles. The number of hydrogen-bond donors (Lipinski definition) is 1. The molecule has 1 amide bonds. The number of carbonyl (C=O) groups excluding carboxylic acids is 1. The van der Waals surface area contributed by atoms with Crippen LogP contribution >= 0.6 is 0 Å². The Bertz CT molecular complexity index is 555. The largest absolute Gasteiger partial charge is 0.379 e. The van der Waals surface area contributed by atoms with Crippen molar-refractivity contribution in [2.75, 3.05) is 70.6 Å². The van der Waals surface area contributed by atoms with E-state index in [0.29, 0.717) is 25.3 Å². The van der Waals surface area contributed by atoms with Crippen molar-refractivity contribution in [3.63, 3.8) is 0 Å². The van der Waals surface area contributed by atoms with Crippen LogP contribution < -0.4 is 10.2 Å². The number of amides is 1. The minimum Gasteiger partial charge on any atom is -0.379 e. The van der Waals surface area contributed by atoms with E-state index in [9.17, 15) is 4.79 Å².